The quantitative estimate of drug-likeness (QED) is 0.460. The highest BCUT2D eigenvalue weighted by molar-refractivity contribution is 6.08. The van der Waals surface area contributed by atoms with Crippen LogP contribution in [0.15, 0.2) is 79.1 Å². The summed E-state index contributed by atoms with van der Waals surface area (Å²) in [7, 11) is 1.63. The summed E-state index contributed by atoms with van der Waals surface area (Å²) in [6.45, 7) is 1.46. The molecule has 3 aromatic carbocycles. The lowest BCUT2D eigenvalue weighted by Crippen LogP contribution is -2.45. The number of aromatic nitrogens is 2. The molecule has 0 spiro atoms. The molecular weight excluding hydrogens is 440 g/mol. The van der Waals surface area contributed by atoms with E-state index in [0.717, 1.165) is 40.6 Å². The minimum Gasteiger partial charge on any atom is -0.496 e. The van der Waals surface area contributed by atoms with Crippen molar-refractivity contribution in [1.82, 2.24) is 20.0 Å². The summed E-state index contributed by atoms with van der Waals surface area (Å²) < 4.78 is 7.26. The topological polar surface area (TPSA) is 76.5 Å². The number of ether oxygens (including phenoxy) is 1. The molecule has 1 saturated heterocycles. The van der Waals surface area contributed by atoms with Gasteiger partial charge in [-0.15, -0.1) is 0 Å². The maximum atomic E-state index is 13.4. The largest absolute Gasteiger partial charge is 0.496 e. The predicted molar refractivity (Wildman–Crippen MR) is 135 cm³/mol. The third kappa shape index (κ3) is 4.75. The number of nitrogens with one attached hydrogen (secondary N) is 1. The molecule has 0 aliphatic carbocycles. The normalized spacial score (nSPS) is 15.7. The number of hydrogen-bond donors (Lipinski definition) is 1. The number of likely N-dealkylation sites (tertiary alicyclic amines) is 1. The van der Waals surface area contributed by atoms with E-state index in [1.54, 1.807) is 22.9 Å². The molecule has 1 N–H and O–H groups in total. The number of methoxy groups -OCH3 is 1. The number of carbonyl (C=O) groups is 2. The number of hydrogen-bond acceptors (Lipinski definition) is 4. The second-order valence-corrected chi connectivity index (χ2v) is 8.80. The van der Waals surface area contributed by atoms with E-state index in [4.69, 9.17) is 4.74 Å². The fraction of sp³-hybridized carbons (Fsp3) is 0.250. The molecule has 1 aliphatic heterocycles. The van der Waals surface area contributed by atoms with Crippen molar-refractivity contribution in [1.29, 1.82) is 0 Å². The van der Waals surface area contributed by atoms with Gasteiger partial charge in [-0.1, -0.05) is 42.5 Å². The number of amides is 2. The van der Waals surface area contributed by atoms with Crippen molar-refractivity contribution in [3.63, 3.8) is 0 Å². The van der Waals surface area contributed by atoms with Crippen LogP contribution < -0.4 is 10.1 Å². The number of carbonyl (C=O) groups excluding carboxylic acids is 2. The Morgan fingerprint density at radius 2 is 1.80 bits per heavy atom. The zero-order chi connectivity index (χ0) is 24.2. The molecule has 1 unspecified atom stereocenters. The van der Waals surface area contributed by atoms with Crippen molar-refractivity contribution in [2.75, 3.05) is 20.2 Å². The zero-order valence-electron chi connectivity index (χ0n) is 19.7. The van der Waals surface area contributed by atoms with Gasteiger partial charge in [0, 0.05) is 42.3 Å². The Labute approximate surface area is 204 Å². The van der Waals surface area contributed by atoms with Crippen LogP contribution in [0.25, 0.3) is 16.5 Å². The van der Waals surface area contributed by atoms with Crippen molar-refractivity contribution in [2.24, 2.45) is 5.92 Å². The monoisotopic (exact) mass is 468 g/mol. The van der Waals surface area contributed by atoms with Gasteiger partial charge in [-0.2, -0.15) is 5.10 Å². The van der Waals surface area contributed by atoms with Crippen LogP contribution in [0.5, 0.6) is 5.75 Å². The molecular formula is C28H28N4O3. The third-order valence-corrected chi connectivity index (χ3v) is 6.54. The molecule has 1 aliphatic rings. The molecule has 1 atom stereocenters. The van der Waals surface area contributed by atoms with Crippen molar-refractivity contribution < 1.29 is 14.3 Å². The van der Waals surface area contributed by atoms with Gasteiger partial charge >= 0.3 is 0 Å². The number of benzene rings is 3. The molecule has 1 fully saturated rings. The van der Waals surface area contributed by atoms with Gasteiger partial charge in [0.05, 0.1) is 24.9 Å². The maximum Gasteiger partial charge on any atom is 0.254 e. The Kier molecular flexibility index (Phi) is 6.48. The molecule has 7 nitrogen and oxygen atoms in total. The molecule has 2 amide bonds. The Bertz CT molecular complexity index is 1350. The first-order chi connectivity index (χ1) is 17.1. The summed E-state index contributed by atoms with van der Waals surface area (Å²) in [5, 5.41) is 9.18. The fourth-order valence-corrected chi connectivity index (χ4v) is 4.69. The third-order valence-electron chi connectivity index (χ3n) is 6.54. The number of nitrogens with zero attached hydrogens (tertiary/aromatic N) is 3. The maximum absolute atomic E-state index is 13.4. The highest BCUT2D eigenvalue weighted by Crippen LogP contribution is 2.30. The lowest BCUT2D eigenvalue weighted by Gasteiger charge is -2.32. The Morgan fingerprint density at radius 3 is 2.60 bits per heavy atom. The summed E-state index contributed by atoms with van der Waals surface area (Å²) in [6.07, 6.45) is 5.24. The second kappa shape index (κ2) is 10.0. The SMILES string of the molecule is COc1ccc(C(=O)N2CCCC(C(=O)NCc3cnn(-c4ccccc4)c3)C2)c2ccccc12. The highest BCUT2D eigenvalue weighted by atomic mass is 16.5. The van der Waals surface area contributed by atoms with Gasteiger partial charge in [0.25, 0.3) is 5.91 Å². The van der Waals surface area contributed by atoms with E-state index >= 15 is 0 Å². The van der Waals surface area contributed by atoms with Crippen LogP contribution in [-0.4, -0.2) is 46.7 Å². The molecule has 4 aromatic rings. The Hall–Kier alpha value is -4.13. The van der Waals surface area contributed by atoms with Crippen molar-refractivity contribution in [3.8, 4) is 11.4 Å². The van der Waals surface area contributed by atoms with Crippen LogP contribution in [0, 0.1) is 5.92 Å². The first-order valence-corrected chi connectivity index (χ1v) is 11.9. The van der Waals surface area contributed by atoms with E-state index in [1.807, 2.05) is 72.9 Å². The molecule has 7 heteroatoms. The Balaban J connectivity index is 1.24. The van der Waals surface area contributed by atoms with Crippen molar-refractivity contribution >= 4 is 22.6 Å². The van der Waals surface area contributed by atoms with Gasteiger partial charge in [0.2, 0.25) is 5.91 Å². The van der Waals surface area contributed by atoms with E-state index in [2.05, 4.69) is 10.4 Å². The molecule has 1 aromatic heterocycles. The summed E-state index contributed by atoms with van der Waals surface area (Å²) in [5.74, 6) is 0.421. The average Bonchev–Trinajstić information content (AvgIpc) is 3.40. The van der Waals surface area contributed by atoms with E-state index in [9.17, 15) is 9.59 Å². The molecule has 0 bridgehead atoms. The van der Waals surface area contributed by atoms with Crippen molar-refractivity contribution in [3.05, 3.63) is 90.3 Å². The fourth-order valence-electron chi connectivity index (χ4n) is 4.69. The van der Waals surface area contributed by atoms with E-state index < -0.39 is 0 Å². The highest BCUT2D eigenvalue weighted by Gasteiger charge is 2.29. The number of fused-ring (bicyclic) bond motifs is 1. The summed E-state index contributed by atoms with van der Waals surface area (Å²) in [5.41, 5.74) is 2.53. The van der Waals surface area contributed by atoms with Crippen LogP contribution in [0.1, 0.15) is 28.8 Å². The molecule has 0 saturated carbocycles. The minimum atomic E-state index is -0.235. The van der Waals surface area contributed by atoms with Crippen LogP contribution >= 0.6 is 0 Å². The number of piperidine rings is 1. The standard InChI is InChI=1S/C28H28N4O3/c1-35-26-14-13-25(23-11-5-6-12-24(23)26)28(34)31-15-7-8-21(19-31)27(33)29-16-20-17-30-32(18-20)22-9-3-2-4-10-22/h2-6,9-14,17-18,21H,7-8,15-16,19H2,1H3,(H,29,33). The van der Waals surface area contributed by atoms with Crippen LogP contribution in [0.3, 0.4) is 0 Å². The second-order valence-electron chi connectivity index (χ2n) is 8.80. The molecule has 178 valence electrons. The molecule has 5 rings (SSSR count). The van der Waals surface area contributed by atoms with Crippen molar-refractivity contribution in [2.45, 2.75) is 19.4 Å². The molecule has 35 heavy (non-hydrogen) atoms. The van der Waals surface area contributed by atoms with Gasteiger partial charge < -0.3 is 15.0 Å². The summed E-state index contributed by atoms with van der Waals surface area (Å²) >= 11 is 0. The summed E-state index contributed by atoms with van der Waals surface area (Å²) in [4.78, 5) is 28.2. The smallest absolute Gasteiger partial charge is 0.254 e. The first kappa shape index (κ1) is 22.7. The van der Waals surface area contributed by atoms with Gasteiger partial charge in [0.15, 0.2) is 0 Å². The molecule has 0 radical (unpaired) electrons. The van der Waals surface area contributed by atoms with Gasteiger partial charge in [-0.3, -0.25) is 9.59 Å². The van der Waals surface area contributed by atoms with Gasteiger partial charge in [-0.25, -0.2) is 4.68 Å². The minimum absolute atomic E-state index is 0.0328. The first-order valence-electron chi connectivity index (χ1n) is 11.9. The lowest BCUT2D eigenvalue weighted by molar-refractivity contribution is -0.126. The average molecular weight is 469 g/mol. The number of para-hydroxylation sites is 1. The van der Waals surface area contributed by atoms with Crippen LogP contribution in [0.4, 0.5) is 0 Å². The van der Waals surface area contributed by atoms with E-state index in [-0.39, 0.29) is 17.7 Å². The van der Waals surface area contributed by atoms with Crippen LogP contribution in [-0.2, 0) is 11.3 Å². The zero-order valence-corrected chi connectivity index (χ0v) is 19.7. The van der Waals surface area contributed by atoms with Gasteiger partial charge in [-0.05, 0) is 42.5 Å². The Morgan fingerprint density at radius 1 is 1.03 bits per heavy atom. The number of rotatable bonds is 6. The van der Waals surface area contributed by atoms with Gasteiger partial charge in [0.1, 0.15) is 5.75 Å². The van der Waals surface area contributed by atoms with E-state index in [1.165, 1.54) is 0 Å². The molecule has 2 heterocycles. The predicted octanol–water partition coefficient (Wildman–Crippen LogP) is 4.20. The van der Waals surface area contributed by atoms with E-state index in [0.29, 0.717) is 25.2 Å². The lowest BCUT2D eigenvalue weighted by atomic mass is 9.95. The van der Waals surface area contributed by atoms with Crippen LogP contribution in [0.2, 0.25) is 0 Å². The summed E-state index contributed by atoms with van der Waals surface area (Å²) in [6, 6.07) is 21.2.